The van der Waals surface area contributed by atoms with Crippen LogP contribution >= 0.6 is 15.9 Å². The molecule has 3 heteroatoms. The second kappa shape index (κ2) is 5.96. The monoisotopic (exact) mass is 299 g/mol. The fraction of sp³-hybridized carbons (Fsp3) is 0.571. The number of benzene rings is 1. The summed E-state index contributed by atoms with van der Waals surface area (Å²) in [4.78, 5) is 2.49. The van der Waals surface area contributed by atoms with Gasteiger partial charge in [-0.25, -0.2) is 4.39 Å². The summed E-state index contributed by atoms with van der Waals surface area (Å²) in [6.07, 6.45) is 3.58. The fourth-order valence-corrected chi connectivity index (χ4v) is 3.05. The van der Waals surface area contributed by atoms with E-state index in [1.165, 1.54) is 32.0 Å². The average Bonchev–Trinajstić information content (AvgIpc) is 2.25. The van der Waals surface area contributed by atoms with Crippen molar-refractivity contribution in [2.75, 3.05) is 19.6 Å². The Labute approximate surface area is 111 Å². The molecule has 0 radical (unpaired) electrons. The number of hydrogen-bond acceptors (Lipinski definition) is 1. The zero-order chi connectivity index (χ0) is 12.3. The first-order chi connectivity index (χ1) is 8.13. The minimum atomic E-state index is -0.151. The van der Waals surface area contributed by atoms with Crippen LogP contribution in [0.1, 0.15) is 25.3 Å². The van der Waals surface area contributed by atoms with Crippen molar-refractivity contribution in [3.8, 4) is 0 Å². The molecule has 1 aliphatic heterocycles. The smallest absolute Gasteiger partial charge is 0.124 e. The van der Waals surface area contributed by atoms with E-state index in [4.69, 9.17) is 0 Å². The number of nitrogens with zero attached hydrogens (tertiary/aromatic N) is 1. The number of halogens is 2. The molecule has 0 aliphatic carbocycles. The molecular formula is C14H19BrFN. The van der Waals surface area contributed by atoms with Crippen LogP contribution in [0.3, 0.4) is 0 Å². The van der Waals surface area contributed by atoms with Crippen LogP contribution in [0.25, 0.3) is 0 Å². The normalized spacial score (nSPS) is 21.7. The lowest BCUT2D eigenvalue weighted by atomic mass is 10.00. The van der Waals surface area contributed by atoms with Gasteiger partial charge in [-0.1, -0.05) is 22.9 Å². The summed E-state index contributed by atoms with van der Waals surface area (Å²) in [5.41, 5.74) is 1.08. The van der Waals surface area contributed by atoms with E-state index in [1.807, 2.05) is 6.07 Å². The quantitative estimate of drug-likeness (QED) is 0.819. The van der Waals surface area contributed by atoms with E-state index < -0.39 is 0 Å². The van der Waals surface area contributed by atoms with Gasteiger partial charge in [0.1, 0.15) is 5.82 Å². The minimum absolute atomic E-state index is 0.151. The van der Waals surface area contributed by atoms with Crippen LogP contribution in [0.15, 0.2) is 22.7 Å². The fourth-order valence-electron chi connectivity index (χ4n) is 2.53. The molecule has 1 nitrogen and oxygen atoms in total. The Bertz CT molecular complexity index is 360. The Morgan fingerprint density at radius 1 is 1.41 bits per heavy atom. The molecule has 1 saturated heterocycles. The zero-order valence-corrected chi connectivity index (χ0v) is 11.8. The highest BCUT2D eigenvalue weighted by atomic mass is 79.9. The Kier molecular flexibility index (Phi) is 4.57. The maximum Gasteiger partial charge on any atom is 0.124 e. The van der Waals surface area contributed by atoms with Gasteiger partial charge in [0, 0.05) is 17.6 Å². The molecule has 0 spiro atoms. The van der Waals surface area contributed by atoms with Crippen LogP contribution in [0.2, 0.25) is 0 Å². The van der Waals surface area contributed by atoms with E-state index in [1.54, 1.807) is 6.07 Å². The Balaban J connectivity index is 1.88. The van der Waals surface area contributed by atoms with E-state index >= 15 is 0 Å². The molecular weight excluding hydrogens is 281 g/mol. The molecule has 1 heterocycles. The Hall–Kier alpha value is -0.410. The van der Waals surface area contributed by atoms with E-state index in [2.05, 4.69) is 27.8 Å². The lowest BCUT2D eigenvalue weighted by Crippen LogP contribution is -2.35. The van der Waals surface area contributed by atoms with Crippen LogP contribution in [-0.2, 0) is 6.42 Å². The average molecular weight is 300 g/mol. The molecule has 17 heavy (non-hydrogen) atoms. The lowest BCUT2D eigenvalue weighted by molar-refractivity contribution is 0.186. The van der Waals surface area contributed by atoms with Gasteiger partial charge in [0.25, 0.3) is 0 Å². The van der Waals surface area contributed by atoms with Gasteiger partial charge in [0.05, 0.1) is 0 Å². The molecule has 1 atom stereocenters. The predicted octanol–water partition coefficient (Wildman–Crippen LogP) is 3.86. The third kappa shape index (κ3) is 4.07. The van der Waals surface area contributed by atoms with Crippen LogP contribution in [-0.4, -0.2) is 24.5 Å². The van der Waals surface area contributed by atoms with E-state index in [0.717, 1.165) is 28.9 Å². The molecule has 0 saturated carbocycles. The van der Waals surface area contributed by atoms with Gasteiger partial charge >= 0.3 is 0 Å². The van der Waals surface area contributed by atoms with Crippen molar-refractivity contribution in [1.29, 1.82) is 0 Å². The van der Waals surface area contributed by atoms with Crippen molar-refractivity contribution in [3.05, 3.63) is 34.1 Å². The molecule has 2 rings (SSSR count). The van der Waals surface area contributed by atoms with Crippen molar-refractivity contribution in [2.24, 2.45) is 5.92 Å². The third-order valence-corrected chi connectivity index (χ3v) is 3.84. The SMILES string of the molecule is CC1CCCN(CCc2cc(F)cc(Br)c2)C1. The number of piperidine rings is 1. The largest absolute Gasteiger partial charge is 0.303 e. The van der Waals surface area contributed by atoms with Crippen LogP contribution in [0.5, 0.6) is 0 Å². The van der Waals surface area contributed by atoms with Gasteiger partial charge in [0.15, 0.2) is 0 Å². The maximum atomic E-state index is 13.2. The summed E-state index contributed by atoms with van der Waals surface area (Å²) in [5.74, 6) is 0.657. The second-order valence-corrected chi connectivity index (χ2v) is 5.99. The van der Waals surface area contributed by atoms with Crippen LogP contribution in [0.4, 0.5) is 4.39 Å². The molecule has 1 aromatic carbocycles. The van der Waals surface area contributed by atoms with E-state index in [9.17, 15) is 4.39 Å². The molecule has 1 fully saturated rings. The first-order valence-corrected chi connectivity index (χ1v) is 7.10. The van der Waals surface area contributed by atoms with Gasteiger partial charge < -0.3 is 4.90 Å². The summed E-state index contributed by atoms with van der Waals surface area (Å²) < 4.78 is 14.0. The summed E-state index contributed by atoms with van der Waals surface area (Å²) in [5, 5.41) is 0. The van der Waals surface area contributed by atoms with Gasteiger partial charge in [-0.2, -0.15) is 0 Å². The lowest BCUT2D eigenvalue weighted by Gasteiger charge is -2.30. The van der Waals surface area contributed by atoms with Gasteiger partial charge in [-0.15, -0.1) is 0 Å². The topological polar surface area (TPSA) is 3.24 Å². The summed E-state index contributed by atoms with van der Waals surface area (Å²) in [6, 6.07) is 5.15. The van der Waals surface area contributed by atoms with Gasteiger partial charge in [-0.3, -0.25) is 0 Å². The van der Waals surface area contributed by atoms with Crippen molar-refractivity contribution in [2.45, 2.75) is 26.2 Å². The highest BCUT2D eigenvalue weighted by Gasteiger charge is 2.15. The molecule has 1 aliphatic rings. The molecule has 0 aromatic heterocycles. The van der Waals surface area contributed by atoms with Crippen LogP contribution < -0.4 is 0 Å². The zero-order valence-electron chi connectivity index (χ0n) is 10.3. The predicted molar refractivity (Wildman–Crippen MR) is 72.6 cm³/mol. The number of likely N-dealkylation sites (tertiary alicyclic amines) is 1. The first-order valence-electron chi connectivity index (χ1n) is 6.31. The van der Waals surface area contributed by atoms with Gasteiger partial charge in [0.2, 0.25) is 0 Å². The second-order valence-electron chi connectivity index (χ2n) is 5.08. The molecule has 0 N–H and O–H groups in total. The van der Waals surface area contributed by atoms with Crippen molar-refractivity contribution in [1.82, 2.24) is 4.90 Å². The first kappa shape index (κ1) is 13.0. The third-order valence-electron chi connectivity index (χ3n) is 3.38. The van der Waals surface area contributed by atoms with Crippen molar-refractivity contribution >= 4 is 15.9 Å². The Morgan fingerprint density at radius 3 is 2.94 bits per heavy atom. The molecule has 0 bridgehead atoms. The van der Waals surface area contributed by atoms with E-state index in [0.29, 0.717) is 0 Å². The summed E-state index contributed by atoms with van der Waals surface area (Å²) in [6.45, 7) is 5.74. The summed E-state index contributed by atoms with van der Waals surface area (Å²) in [7, 11) is 0. The molecule has 94 valence electrons. The standard InChI is InChI=1S/C14H19BrFN/c1-11-3-2-5-17(10-11)6-4-12-7-13(15)9-14(16)8-12/h7-9,11H,2-6,10H2,1H3. The Morgan fingerprint density at radius 2 is 2.24 bits per heavy atom. The van der Waals surface area contributed by atoms with Gasteiger partial charge in [-0.05, 0) is 55.5 Å². The van der Waals surface area contributed by atoms with Crippen LogP contribution in [0, 0.1) is 11.7 Å². The van der Waals surface area contributed by atoms with Crippen molar-refractivity contribution < 1.29 is 4.39 Å². The number of hydrogen-bond donors (Lipinski definition) is 0. The molecule has 1 unspecified atom stereocenters. The maximum absolute atomic E-state index is 13.2. The van der Waals surface area contributed by atoms with E-state index in [-0.39, 0.29) is 5.82 Å². The summed E-state index contributed by atoms with van der Waals surface area (Å²) >= 11 is 3.33. The molecule has 0 amide bonds. The highest BCUT2D eigenvalue weighted by molar-refractivity contribution is 9.10. The minimum Gasteiger partial charge on any atom is -0.303 e. The van der Waals surface area contributed by atoms with Crippen molar-refractivity contribution in [3.63, 3.8) is 0 Å². The molecule has 1 aromatic rings. The highest BCUT2D eigenvalue weighted by Crippen LogP contribution is 2.18. The number of rotatable bonds is 3.